The molecule has 1 fully saturated rings. The molecule has 0 saturated carbocycles. The van der Waals surface area contributed by atoms with Gasteiger partial charge in [-0.3, -0.25) is 9.78 Å². The zero-order valence-corrected chi connectivity index (χ0v) is 18.4. The van der Waals surface area contributed by atoms with Gasteiger partial charge in [-0.25, -0.2) is 0 Å². The minimum absolute atomic E-state index is 0.0163. The molecule has 5 nitrogen and oxygen atoms in total. The monoisotopic (exact) mass is 424 g/mol. The smallest absolute Gasteiger partial charge is 0.185 e. The molecule has 5 rings (SSSR count). The first-order valence-corrected chi connectivity index (χ1v) is 11.2. The molecule has 2 aliphatic rings. The van der Waals surface area contributed by atoms with Gasteiger partial charge in [0.2, 0.25) is 0 Å². The summed E-state index contributed by atoms with van der Waals surface area (Å²) in [5.74, 6) is -0.0163. The van der Waals surface area contributed by atoms with E-state index < -0.39 is 0 Å². The van der Waals surface area contributed by atoms with Crippen LogP contribution < -0.4 is 10.6 Å². The van der Waals surface area contributed by atoms with Gasteiger partial charge < -0.3 is 15.5 Å². The van der Waals surface area contributed by atoms with Gasteiger partial charge in [0.25, 0.3) is 0 Å². The van der Waals surface area contributed by atoms with E-state index in [9.17, 15) is 4.79 Å². The molecule has 1 aromatic heterocycles. The molecular weight excluding hydrogens is 396 g/mol. The SMILES string of the molecule is CN1CCN(c2ccc3cc(C(=O)Cc4cc(C5=CC=CC5)ccc4N)ncc3c2)CC1. The van der Waals surface area contributed by atoms with E-state index in [1.165, 1.54) is 11.3 Å². The summed E-state index contributed by atoms with van der Waals surface area (Å²) in [6.07, 6.45) is 9.28. The maximum atomic E-state index is 13.0. The van der Waals surface area contributed by atoms with Gasteiger partial charge in [-0.1, -0.05) is 30.4 Å². The summed E-state index contributed by atoms with van der Waals surface area (Å²) in [7, 11) is 2.16. The van der Waals surface area contributed by atoms with E-state index in [1.54, 1.807) is 0 Å². The number of hydrogen-bond acceptors (Lipinski definition) is 5. The third-order valence-corrected chi connectivity index (χ3v) is 6.50. The summed E-state index contributed by atoms with van der Waals surface area (Å²) in [5, 5.41) is 2.09. The Morgan fingerprint density at radius 2 is 1.88 bits per heavy atom. The number of carbonyl (C=O) groups excluding carboxylic acids is 1. The lowest BCUT2D eigenvalue weighted by Gasteiger charge is -2.34. The maximum Gasteiger partial charge on any atom is 0.185 e. The predicted molar refractivity (Wildman–Crippen MR) is 132 cm³/mol. The molecule has 0 amide bonds. The molecule has 1 aliphatic carbocycles. The highest BCUT2D eigenvalue weighted by atomic mass is 16.1. The second kappa shape index (κ2) is 8.60. The van der Waals surface area contributed by atoms with E-state index in [1.807, 2.05) is 30.5 Å². The molecule has 0 bridgehead atoms. The van der Waals surface area contributed by atoms with Crippen LogP contribution in [0.25, 0.3) is 16.3 Å². The Kier molecular flexibility index (Phi) is 5.50. The number of piperazine rings is 1. The highest BCUT2D eigenvalue weighted by molar-refractivity contribution is 6.00. The van der Waals surface area contributed by atoms with Crippen molar-refractivity contribution in [3.63, 3.8) is 0 Å². The summed E-state index contributed by atoms with van der Waals surface area (Å²) in [6.45, 7) is 4.20. The average Bonchev–Trinajstić information content (AvgIpc) is 3.35. The highest BCUT2D eigenvalue weighted by Gasteiger charge is 2.16. The molecule has 2 N–H and O–H groups in total. The summed E-state index contributed by atoms with van der Waals surface area (Å²) in [5.41, 5.74) is 11.8. The minimum Gasteiger partial charge on any atom is -0.398 e. The van der Waals surface area contributed by atoms with Crippen LogP contribution in [0.2, 0.25) is 0 Å². The van der Waals surface area contributed by atoms with Crippen LogP contribution in [-0.4, -0.2) is 48.9 Å². The third kappa shape index (κ3) is 4.16. The van der Waals surface area contributed by atoms with Crippen molar-refractivity contribution in [2.24, 2.45) is 0 Å². The van der Waals surface area contributed by atoms with Crippen LogP contribution in [0.4, 0.5) is 11.4 Å². The number of nitrogens with two attached hydrogens (primary N) is 1. The van der Waals surface area contributed by atoms with Crippen molar-refractivity contribution in [2.45, 2.75) is 12.8 Å². The Bertz CT molecular complexity index is 1240. The standard InChI is InChI=1S/C27H28N4O/c1-30-10-12-31(13-11-30)24-8-6-21-16-26(29-18-23(21)15-24)27(32)17-22-14-20(7-9-25(22)28)19-4-2-3-5-19/h2-4,6-9,14-16,18H,5,10-13,17,28H2,1H3. The molecule has 0 spiro atoms. The van der Waals surface area contributed by atoms with Gasteiger partial charge in [-0.2, -0.15) is 0 Å². The largest absolute Gasteiger partial charge is 0.398 e. The number of benzene rings is 2. The molecule has 0 atom stereocenters. The van der Waals surface area contributed by atoms with Gasteiger partial charge >= 0.3 is 0 Å². The van der Waals surface area contributed by atoms with Crippen molar-refractivity contribution >= 4 is 33.5 Å². The first kappa shape index (κ1) is 20.5. The quantitative estimate of drug-likeness (QED) is 0.488. The van der Waals surface area contributed by atoms with Crippen LogP contribution in [0.15, 0.2) is 66.9 Å². The van der Waals surface area contributed by atoms with Crippen LogP contribution in [0.1, 0.15) is 28.0 Å². The summed E-state index contributed by atoms with van der Waals surface area (Å²) in [6, 6.07) is 14.3. The molecule has 0 radical (unpaired) electrons. The van der Waals surface area contributed by atoms with E-state index >= 15 is 0 Å². The molecule has 0 unspecified atom stereocenters. The van der Waals surface area contributed by atoms with E-state index in [2.05, 4.69) is 58.3 Å². The number of anilines is 2. The number of rotatable bonds is 5. The Balaban J connectivity index is 1.35. The Labute approximate surface area is 188 Å². The molecule has 162 valence electrons. The van der Waals surface area contributed by atoms with Gasteiger partial charge in [-0.15, -0.1) is 0 Å². The summed E-state index contributed by atoms with van der Waals surface area (Å²) in [4.78, 5) is 22.3. The number of Topliss-reactive ketones (excluding diaryl/α,β-unsaturated/α-hetero) is 1. The number of carbonyl (C=O) groups is 1. The van der Waals surface area contributed by atoms with Crippen LogP contribution in [0.5, 0.6) is 0 Å². The van der Waals surface area contributed by atoms with Crippen LogP contribution in [0.3, 0.4) is 0 Å². The number of nitrogens with zero attached hydrogens (tertiary/aromatic N) is 3. The molecule has 1 aliphatic heterocycles. The van der Waals surface area contributed by atoms with Crippen molar-refractivity contribution in [1.82, 2.24) is 9.88 Å². The number of nitrogen functional groups attached to an aromatic ring is 1. The number of pyridine rings is 1. The molecule has 2 heterocycles. The van der Waals surface area contributed by atoms with Crippen molar-refractivity contribution in [3.8, 4) is 0 Å². The summed E-state index contributed by atoms with van der Waals surface area (Å²) >= 11 is 0. The van der Waals surface area contributed by atoms with Crippen molar-refractivity contribution < 1.29 is 4.79 Å². The molecular formula is C27H28N4O. The zero-order chi connectivity index (χ0) is 22.1. The van der Waals surface area contributed by atoms with Crippen LogP contribution >= 0.6 is 0 Å². The Hall–Kier alpha value is -3.44. The second-order valence-electron chi connectivity index (χ2n) is 8.73. The van der Waals surface area contributed by atoms with E-state index in [4.69, 9.17) is 5.73 Å². The fraction of sp³-hybridized carbons (Fsp3) is 0.259. The zero-order valence-electron chi connectivity index (χ0n) is 18.4. The molecule has 3 aromatic rings. The van der Waals surface area contributed by atoms with Crippen molar-refractivity contribution in [1.29, 1.82) is 0 Å². The van der Waals surface area contributed by atoms with Gasteiger partial charge in [0.05, 0.1) is 0 Å². The molecule has 5 heteroatoms. The van der Waals surface area contributed by atoms with Crippen molar-refractivity contribution in [3.05, 3.63) is 83.7 Å². The fourth-order valence-corrected chi connectivity index (χ4v) is 4.43. The van der Waals surface area contributed by atoms with Gasteiger partial charge in [0.15, 0.2) is 5.78 Å². The molecule has 32 heavy (non-hydrogen) atoms. The normalized spacial score (nSPS) is 16.5. The topological polar surface area (TPSA) is 62.5 Å². The lowest BCUT2D eigenvalue weighted by molar-refractivity contribution is 0.0988. The van der Waals surface area contributed by atoms with Crippen LogP contribution in [0, 0.1) is 0 Å². The lowest BCUT2D eigenvalue weighted by Crippen LogP contribution is -2.44. The second-order valence-corrected chi connectivity index (χ2v) is 8.73. The number of fused-ring (bicyclic) bond motifs is 1. The Morgan fingerprint density at radius 1 is 1.03 bits per heavy atom. The number of allylic oxidation sites excluding steroid dienone is 4. The van der Waals surface area contributed by atoms with Gasteiger partial charge in [0.1, 0.15) is 5.69 Å². The average molecular weight is 425 g/mol. The highest BCUT2D eigenvalue weighted by Crippen LogP contribution is 2.27. The first-order valence-electron chi connectivity index (χ1n) is 11.2. The van der Waals surface area contributed by atoms with Crippen molar-refractivity contribution in [2.75, 3.05) is 43.9 Å². The number of aromatic nitrogens is 1. The number of likely N-dealkylation sites (N-methyl/N-ethyl adjacent to an activating group) is 1. The Morgan fingerprint density at radius 3 is 2.66 bits per heavy atom. The van der Waals surface area contributed by atoms with Gasteiger partial charge in [0, 0.05) is 55.6 Å². The predicted octanol–water partition coefficient (Wildman–Crippen LogP) is 4.34. The maximum absolute atomic E-state index is 13.0. The fourth-order valence-electron chi connectivity index (χ4n) is 4.43. The van der Waals surface area contributed by atoms with Gasteiger partial charge in [-0.05, 0) is 65.9 Å². The minimum atomic E-state index is -0.0163. The first-order chi connectivity index (χ1) is 15.6. The summed E-state index contributed by atoms with van der Waals surface area (Å²) < 4.78 is 0. The molecule has 2 aromatic carbocycles. The van der Waals surface area contributed by atoms with E-state index in [0.717, 1.165) is 54.5 Å². The lowest BCUT2D eigenvalue weighted by atomic mass is 9.97. The number of ketones is 1. The number of hydrogen-bond donors (Lipinski definition) is 1. The molecule has 1 saturated heterocycles. The van der Waals surface area contributed by atoms with E-state index in [-0.39, 0.29) is 12.2 Å². The van der Waals surface area contributed by atoms with E-state index in [0.29, 0.717) is 11.4 Å². The van der Waals surface area contributed by atoms with Crippen LogP contribution in [-0.2, 0) is 6.42 Å². The third-order valence-electron chi connectivity index (χ3n) is 6.50.